The molecule has 1 aromatic heterocycles. The molecule has 108 valence electrons. The Balaban J connectivity index is 1.81. The number of para-hydroxylation sites is 1. The molecule has 0 radical (unpaired) electrons. The third kappa shape index (κ3) is 2.98. The highest BCUT2D eigenvalue weighted by Crippen LogP contribution is 2.21. The Morgan fingerprint density at radius 3 is 3.05 bits per heavy atom. The van der Waals surface area contributed by atoms with E-state index in [1.54, 1.807) is 0 Å². The Bertz CT molecular complexity index is 674. The number of hydrogen-bond donors (Lipinski definition) is 1. The second-order valence-corrected chi connectivity index (χ2v) is 5.70. The fourth-order valence-electron chi connectivity index (χ4n) is 2.95. The Morgan fingerprint density at radius 2 is 2.24 bits per heavy atom. The molecule has 0 aliphatic carbocycles. The van der Waals surface area contributed by atoms with Crippen LogP contribution in [0.4, 0.5) is 5.82 Å². The highest BCUT2D eigenvalue weighted by molar-refractivity contribution is 5.82. The van der Waals surface area contributed by atoms with Crippen LogP contribution in [0.25, 0.3) is 10.9 Å². The highest BCUT2D eigenvalue weighted by atomic mass is 15.2. The number of likely N-dealkylation sites (tertiary alicyclic amines) is 1. The van der Waals surface area contributed by atoms with E-state index in [-0.39, 0.29) is 0 Å². The number of benzene rings is 1. The normalized spacial score (nSPS) is 19.3. The van der Waals surface area contributed by atoms with E-state index in [9.17, 15) is 5.26 Å². The summed E-state index contributed by atoms with van der Waals surface area (Å²) in [7, 11) is 2.17. The van der Waals surface area contributed by atoms with Crippen molar-refractivity contribution in [3.05, 3.63) is 35.9 Å². The maximum Gasteiger partial charge on any atom is 0.144 e. The molecular weight excluding hydrogens is 260 g/mol. The lowest BCUT2D eigenvalue weighted by Gasteiger charge is -2.32. The van der Waals surface area contributed by atoms with Gasteiger partial charge in [-0.3, -0.25) is 0 Å². The Morgan fingerprint density at radius 1 is 1.38 bits per heavy atom. The van der Waals surface area contributed by atoms with Crippen LogP contribution in [0.1, 0.15) is 24.8 Å². The minimum atomic E-state index is 0.526. The van der Waals surface area contributed by atoms with Gasteiger partial charge in [0.15, 0.2) is 0 Å². The van der Waals surface area contributed by atoms with Crippen LogP contribution in [0.15, 0.2) is 30.3 Å². The van der Waals surface area contributed by atoms with Crippen LogP contribution in [-0.2, 0) is 0 Å². The summed E-state index contributed by atoms with van der Waals surface area (Å²) in [4.78, 5) is 7.00. The van der Waals surface area contributed by atoms with Crippen LogP contribution in [0, 0.1) is 11.3 Å². The van der Waals surface area contributed by atoms with Gasteiger partial charge in [0.1, 0.15) is 11.9 Å². The van der Waals surface area contributed by atoms with Crippen molar-refractivity contribution in [1.29, 1.82) is 5.26 Å². The quantitative estimate of drug-likeness (QED) is 0.939. The minimum absolute atomic E-state index is 0.526. The summed E-state index contributed by atoms with van der Waals surface area (Å²) in [6, 6.07) is 12.6. The maximum absolute atomic E-state index is 9.33. The van der Waals surface area contributed by atoms with Crippen molar-refractivity contribution in [1.82, 2.24) is 9.88 Å². The van der Waals surface area contributed by atoms with Crippen molar-refractivity contribution in [2.24, 2.45) is 0 Å². The van der Waals surface area contributed by atoms with Gasteiger partial charge in [0, 0.05) is 18.0 Å². The Kier molecular flexibility index (Phi) is 4.03. The molecule has 0 spiro atoms. The Hall–Kier alpha value is -2.12. The van der Waals surface area contributed by atoms with Gasteiger partial charge in [-0.05, 0) is 38.6 Å². The van der Waals surface area contributed by atoms with Crippen LogP contribution < -0.4 is 5.32 Å². The number of likely N-dealkylation sites (N-methyl/N-ethyl adjacent to an activating group) is 1. The predicted molar refractivity (Wildman–Crippen MR) is 85.2 cm³/mol. The van der Waals surface area contributed by atoms with E-state index in [0.29, 0.717) is 17.4 Å². The van der Waals surface area contributed by atoms with Crippen molar-refractivity contribution >= 4 is 16.7 Å². The molecule has 1 N–H and O–H groups in total. The summed E-state index contributed by atoms with van der Waals surface area (Å²) in [5, 5.41) is 13.7. The number of hydrogen-bond acceptors (Lipinski definition) is 4. The summed E-state index contributed by atoms with van der Waals surface area (Å²) < 4.78 is 0. The molecule has 4 nitrogen and oxygen atoms in total. The molecule has 1 fully saturated rings. The number of rotatable bonds is 3. The first-order valence-electron chi connectivity index (χ1n) is 7.52. The number of nitriles is 1. The molecule has 21 heavy (non-hydrogen) atoms. The zero-order chi connectivity index (χ0) is 14.7. The standard InChI is InChI=1S/C17H20N4/c1-21-9-5-4-7-15(21)12-19-17-14(11-18)10-13-6-2-3-8-16(13)20-17/h2-3,6,8,10,15H,4-5,7,9,12H2,1H3,(H,19,20). The van der Waals surface area contributed by atoms with Crippen LogP contribution in [-0.4, -0.2) is 36.1 Å². The molecule has 1 saturated heterocycles. The third-order valence-corrected chi connectivity index (χ3v) is 4.27. The number of fused-ring (bicyclic) bond motifs is 1. The SMILES string of the molecule is CN1CCCCC1CNc1nc2ccccc2cc1C#N. The predicted octanol–water partition coefficient (Wildman–Crippen LogP) is 3.00. The number of anilines is 1. The lowest BCUT2D eigenvalue weighted by Crippen LogP contribution is -2.40. The van der Waals surface area contributed by atoms with Crippen LogP contribution >= 0.6 is 0 Å². The van der Waals surface area contributed by atoms with Gasteiger partial charge in [-0.1, -0.05) is 24.6 Å². The minimum Gasteiger partial charge on any atom is -0.367 e. The maximum atomic E-state index is 9.33. The van der Waals surface area contributed by atoms with Gasteiger partial charge in [-0.25, -0.2) is 4.98 Å². The molecule has 1 aliphatic rings. The van der Waals surface area contributed by atoms with E-state index >= 15 is 0 Å². The van der Waals surface area contributed by atoms with Gasteiger partial charge < -0.3 is 10.2 Å². The molecule has 0 amide bonds. The zero-order valence-electron chi connectivity index (χ0n) is 12.3. The molecule has 1 aromatic carbocycles. The van der Waals surface area contributed by atoms with E-state index in [1.165, 1.54) is 19.3 Å². The summed E-state index contributed by atoms with van der Waals surface area (Å²) >= 11 is 0. The average Bonchev–Trinajstić information content (AvgIpc) is 2.53. The highest BCUT2D eigenvalue weighted by Gasteiger charge is 2.19. The third-order valence-electron chi connectivity index (χ3n) is 4.27. The average molecular weight is 280 g/mol. The van der Waals surface area contributed by atoms with Crippen LogP contribution in [0.3, 0.4) is 0 Å². The molecule has 4 heteroatoms. The topological polar surface area (TPSA) is 52.0 Å². The molecule has 1 atom stereocenters. The van der Waals surface area contributed by atoms with Crippen molar-refractivity contribution in [3.63, 3.8) is 0 Å². The number of nitrogens with one attached hydrogen (secondary N) is 1. The van der Waals surface area contributed by atoms with Crippen molar-refractivity contribution in [2.45, 2.75) is 25.3 Å². The van der Waals surface area contributed by atoms with Gasteiger partial charge in [0.25, 0.3) is 0 Å². The number of piperidine rings is 1. The molecular formula is C17H20N4. The number of aromatic nitrogens is 1. The largest absolute Gasteiger partial charge is 0.367 e. The van der Waals surface area contributed by atoms with E-state index < -0.39 is 0 Å². The van der Waals surface area contributed by atoms with Gasteiger partial charge in [-0.2, -0.15) is 5.26 Å². The molecule has 0 saturated carbocycles. The molecule has 0 bridgehead atoms. The van der Waals surface area contributed by atoms with Gasteiger partial charge in [-0.15, -0.1) is 0 Å². The first kappa shape index (κ1) is 13.8. The molecule has 2 aromatic rings. The summed E-state index contributed by atoms with van der Waals surface area (Å²) in [6.45, 7) is 2.00. The van der Waals surface area contributed by atoms with Gasteiger partial charge in [0.2, 0.25) is 0 Å². The second kappa shape index (κ2) is 6.11. The van der Waals surface area contributed by atoms with Crippen LogP contribution in [0.5, 0.6) is 0 Å². The van der Waals surface area contributed by atoms with E-state index in [2.05, 4.69) is 28.3 Å². The van der Waals surface area contributed by atoms with Crippen molar-refractivity contribution in [3.8, 4) is 6.07 Å². The van der Waals surface area contributed by atoms with E-state index in [0.717, 1.165) is 24.0 Å². The first-order valence-corrected chi connectivity index (χ1v) is 7.52. The van der Waals surface area contributed by atoms with Gasteiger partial charge in [0.05, 0.1) is 11.1 Å². The number of pyridine rings is 1. The zero-order valence-corrected chi connectivity index (χ0v) is 12.3. The fraction of sp³-hybridized carbons (Fsp3) is 0.412. The van der Waals surface area contributed by atoms with Crippen LogP contribution in [0.2, 0.25) is 0 Å². The van der Waals surface area contributed by atoms with Crippen molar-refractivity contribution < 1.29 is 0 Å². The fourth-order valence-corrected chi connectivity index (χ4v) is 2.95. The summed E-state index contributed by atoms with van der Waals surface area (Å²) in [5.74, 6) is 0.704. The lowest BCUT2D eigenvalue weighted by atomic mass is 10.0. The summed E-state index contributed by atoms with van der Waals surface area (Å²) in [5.41, 5.74) is 1.54. The van der Waals surface area contributed by atoms with Crippen molar-refractivity contribution in [2.75, 3.05) is 25.5 Å². The summed E-state index contributed by atoms with van der Waals surface area (Å²) in [6.07, 6.45) is 3.77. The molecule has 2 heterocycles. The molecule has 1 aliphatic heterocycles. The second-order valence-electron chi connectivity index (χ2n) is 5.70. The molecule has 3 rings (SSSR count). The van der Waals surface area contributed by atoms with Gasteiger partial charge >= 0.3 is 0 Å². The Labute approximate surface area is 125 Å². The monoisotopic (exact) mass is 280 g/mol. The first-order chi connectivity index (χ1) is 10.3. The van der Waals surface area contributed by atoms with E-state index in [4.69, 9.17) is 0 Å². The smallest absolute Gasteiger partial charge is 0.144 e. The van der Waals surface area contributed by atoms with E-state index in [1.807, 2.05) is 30.3 Å². The molecule has 1 unspecified atom stereocenters. The lowest BCUT2D eigenvalue weighted by molar-refractivity contribution is 0.194. The number of nitrogens with zero attached hydrogens (tertiary/aromatic N) is 3.